The van der Waals surface area contributed by atoms with Crippen molar-refractivity contribution in [3.63, 3.8) is 0 Å². The van der Waals surface area contributed by atoms with Gasteiger partial charge in [0.15, 0.2) is 5.78 Å². The van der Waals surface area contributed by atoms with Crippen LogP contribution in [0.15, 0.2) is 329 Å². The number of carbonyl (C=O) groups is 1. The minimum Gasteiger partial charge on any atom is -0.376 e. The van der Waals surface area contributed by atoms with E-state index in [4.69, 9.17) is 0 Å². The smallest absolute Gasteiger partial charge is 0.376 e. The van der Waals surface area contributed by atoms with Crippen molar-refractivity contribution in [3.05, 3.63) is 424 Å². The maximum atomic E-state index is 12.3. The van der Waals surface area contributed by atoms with E-state index in [0.717, 1.165) is 118 Å². The van der Waals surface area contributed by atoms with E-state index in [0.29, 0.717) is 0 Å². The van der Waals surface area contributed by atoms with Crippen LogP contribution in [0.3, 0.4) is 0 Å². The Hall–Kier alpha value is -6.07. The number of rotatable bonds is 9. The second-order valence-corrected chi connectivity index (χ2v) is 32.0. The molecule has 0 saturated carbocycles. The molecule has 0 saturated heterocycles. The number of fused-ring (bicyclic) bond motifs is 15. The molecule has 11 heteroatoms. The van der Waals surface area contributed by atoms with Crippen LogP contribution in [0.1, 0.15) is 114 Å². The summed E-state index contributed by atoms with van der Waals surface area (Å²) in [6.45, 7) is 5.72. The van der Waals surface area contributed by atoms with Crippen molar-refractivity contribution < 1.29 is 28.8 Å². The van der Waals surface area contributed by atoms with Crippen LogP contribution in [-0.2, 0) is 54.9 Å². The Morgan fingerprint density at radius 1 is 0.330 bits per heavy atom. The predicted molar refractivity (Wildman–Crippen MR) is 454 cm³/mol. The van der Waals surface area contributed by atoms with Gasteiger partial charge in [0.25, 0.3) is 0 Å². The van der Waals surface area contributed by atoms with Gasteiger partial charge in [0.2, 0.25) is 0 Å². The summed E-state index contributed by atoms with van der Waals surface area (Å²) in [5, 5.41) is 13.2. The fourth-order valence-corrected chi connectivity index (χ4v) is 18.1. The molecule has 0 aliphatic heterocycles. The van der Waals surface area contributed by atoms with Crippen molar-refractivity contribution in [2.45, 2.75) is 74.6 Å². The van der Waals surface area contributed by atoms with Gasteiger partial charge in [-0.15, -0.1) is 0 Å². The number of hydrogen-bond donors (Lipinski definition) is 1. The monoisotopic (exact) mass is 1850 g/mol. The summed E-state index contributed by atoms with van der Waals surface area (Å²) in [7, 11) is 0. The maximum Gasteiger partial charge on any atom is 1.00 e. The van der Waals surface area contributed by atoms with Crippen molar-refractivity contribution in [3.8, 4) is 33.4 Å². The maximum absolute atomic E-state index is 12.3. The van der Waals surface area contributed by atoms with Crippen molar-refractivity contribution in [2.75, 3.05) is 0 Å². The first kappa shape index (κ1) is 78.0. The largest absolute Gasteiger partial charge is 1.00 e. The van der Waals surface area contributed by atoms with E-state index in [1.165, 1.54) is 92.2 Å². The summed E-state index contributed by atoms with van der Waals surface area (Å²) >= 11 is 28.4. The Balaban J connectivity index is 0.000000134. The average Bonchev–Trinajstić information content (AvgIpc) is 1.54. The number of aryl methyl sites for hydroxylation is 6. The summed E-state index contributed by atoms with van der Waals surface area (Å²) in [6.07, 6.45) is 8.32. The van der Waals surface area contributed by atoms with Crippen molar-refractivity contribution in [1.29, 1.82) is 0 Å². The second kappa shape index (κ2) is 36.5. The molecule has 0 amide bonds. The van der Waals surface area contributed by atoms with Gasteiger partial charge in [0.05, 0.1) is 5.41 Å². The molecule has 0 radical (unpaired) electrons. The second-order valence-electron chi connectivity index (χ2n) is 25.3. The molecule has 0 fully saturated rings. The number of hydrogen-bond acceptors (Lipinski definition) is 2. The zero-order chi connectivity index (χ0) is 71.3. The molecule has 13 aromatic carbocycles. The molecule has 1 atom stereocenters. The quantitative estimate of drug-likeness (QED) is 0.0888. The first-order chi connectivity index (χ1) is 49.7. The normalized spacial score (nSPS) is 13.6. The average molecular weight is 1860 g/mol. The fraction of sp³-hybridized carbons (Fsp3) is 0.130. The Bertz CT molecular complexity index is 5050. The zero-order valence-electron chi connectivity index (χ0n) is 57.2. The standard InChI is InChI=1S/C27H20Br2O.C27H19Br.C14H12Br2.C13H7BrO.C7H6Br2.C4H9.Li/c28-20-15-16-22-21-9-3-5-11-24(21)27(30,25(22)17-20)23-10-4-1-7-18(23)13-14-19-8-2-6-12-26(19)29;28-20-15-16-22-21-9-3-6-12-25(21)27(26(22)17-20)23-10-4-1-7-18(23)13-14-19-8-2-5-11-24(19)27;15-13-7-3-1-5-11(13)9-10-12-6-2-4-8-14(12)16;14-8-5-6-10-9-3-1-2-4-11(9)13(15)12(10)7-8;8-5-6-3-1-2-4-7(6)9;1-3-4-2;/h1-12,15-17,30H,13-14H2;1-12,15-17H,13-14H2;1-8H,9-10H2;1-7H;1-4H,5H2;1,3-4H2,2H3;/q;;;;;-1;+1. The summed E-state index contributed by atoms with van der Waals surface area (Å²) in [5.41, 5.74) is 25.1. The molecule has 4 aliphatic carbocycles. The fourth-order valence-electron chi connectivity index (χ4n) is 14.3. The SMILES string of the molecule is BrCc1ccccc1Br.Brc1ccc2c(c1)C1(c3ccccc3CCc3ccccc31)c1ccccc1-2.Brc1ccccc1CCc1ccccc1Br.O=C1c2ccccc2-c2ccc(Br)cc21.OC1(c2ccccc2CCc2ccccc2Br)c2ccccc2-c2ccc(Br)cc21.[CH2-]CCC.[Li+]. The molecule has 0 bridgehead atoms. The van der Waals surface area contributed by atoms with Crippen molar-refractivity contribution in [1.82, 2.24) is 0 Å². The third-order valence-electron chi connectivity index (χ3n) is 19.2. The van der Waals surface area contributed by atoms with Crippen LogP contribution in [-0.4, -0.2) is 10.9 Å². The van der Waals surface area contributed by atoms with E-state index in [1.807, 2.05) is 109 Å². The summed E-state index contributed by atoms with van der Waals surface area (Å²) < 4.78 is 7.74. The van der Waals surface area contributed by atoms with Gasteiger partial charge in [-0.25, -0.2) is 0 Å². The van der Waals surface area contributed by atoms with E-state index in [1.54, 1.807) is 0 Å². The summed E-state index contributed by atoms with van der Waals surface area (Å²) in [5.74, 6) is 0.127. The molecule has 13 aromatic rings. The number of benzene rings is 13. The molecule has 510 valence electrons. The zero-order valence-corrected chi connectivity index (χ0v) is 69.9. The van der Waals surface area contributed by atoms with Gasteiger partial charge in [-0.05, 0) is 199 Å². The van der Waals surface area contributed by atoms with Crippen LogP contribution in [0.2, 0.25) is 0 Å². The van der Waals surface area contributed by atoms with E-state index in [2.05, 4.69) is 329 Å². The van der Waals surface area contributed by atoms with E-state index < -0.39 is 5.60 Å². The number of carbonyl (C=O) groups excluding carboxylic acids is 1. The molecule has 103 heavy (non-hydrogen) atoms. The summed E-state index contributed by atoms with van der Waals surface area (Å²) in [4.78, 5) is 12.0. The van der Waals surface area contributed by atoms with Crippen LogP contribution in [0.4, 0.5) is 0 Å². The molecule has 1 spiro atoms. The number of aliphatic hydroxyl groups is 1. The third kappa shape index (κ3) is 17.0. The molecule has 1 N–H and O–H groups in total. The van der Waals surface area contributed by atoms with E-state index >= 15 is 0 Å². The first-order valence-electron chi connectivity index (χ1n) is 34.2. The minimum absolute atomic E-state index is 0. The predicted octanol–water partition coefficient (Wildman–Crippen LogP) is 24.8. The van der Waals surface area contributed by atoms with Gasteiger partial charge >= 0.3 is 18.9 Å². The van der Waals surface area contributed by atoms with E-state index in [-0.39, 0.29) is 30.1 Å². The number of alkyl halides is 1. The van der Waals surface area contributed by atoms with Gasteiger partial charge in [-0.2, -0.15) is 6.42 Å². The van der Waals surface area contributed by atoms with Crippen LogP contribution in [0.25, 0.3) is 33.4 Å². The molecular weight excluding hydrogens is 1780 g/mol. The summed E-state index contributed by atoms with van der Waals surface area (Å²) in [6, 6.07) is 103. The van der Waals surface area contributed by atoms with Gasteiger partial charge in [0.1, 0.15) is 5.60 Å². The minimum atomic E-state index is -1.17. The van der Waals surface area contributed by atoms with Crippen molar-refractivity contribution >= 4 is 133 Å². The van der Waals surface area contributed by atoms with E-state index in [9.17, 15) is 9.90 Å². The van der Waals surface area contributed by atoms with Gasteiger partial charge in [0, 0.05) is 58.9 Å². The molecule has 4 aliphatic rings. The molecule has 17 rings (SSSR count). The molecular formula is C92H73Br8LiO2. The van der Waals surface area contributed by atoms with Crippen LogP contribution >= 0.6 is 127 Å². The number of halogens is 8. The Morgan fingerprint density at radius 2 is 0.650 bits per heavy atom. The topological polar surface area (TPSA) is 37.3 Å². The number of ketones is 1. The molecule has 2 nitrogen and oxygen atoms in total. The van der Waals surface area contributed by atoms with Crippen LogP contribution < -0.4 is 18.9 Å². The van der Waals surface area contributed by atoms with Crippen LogP contribution in [0, 0.1) is 6.92 Å². The third-order valence-corrected chi connectivity index (χ3v) is 24.4. The van der Waals surface area contributed by atoms with Gasteiger partial charge in [-0.1, -0.05) is 377 Å². The first-order valence-corrected chi connectivity index (χ1v) is 40.9. The Kier molecular flexibility index (Phi) is 27.6. The Labute approximate surface area is 686 Å². The van der Waals surface area contributed by atoms with Gasteiger partial charge in [-0.3, -0.25) is 4.79 Å². The van der Waals surface area contributed by atoms with Gasteiger partial charge < -0.3 is 12.0 Å². The Morgan fingerprint density at radius 3 is 1.12 bits per heavy atom. The van der Waals surface area contributed by atoms with Crippen LogP contribution in [0.5, 0.6) is 0 Å². The molecule has 0 aromatic heterocycles. The molecule has 1 unspecified atom stereocenters. The van der Waals surface area contributed by atoms with Crippen molar-refractivity contribution in [2.24, 2.45) is 0 Å². The molecule has 0 heterocycles. The number of unbranched alkanes of at least 4 members (excludes halogenated alkanes) is 1.